The molecule has 4 amide bonds. The Kier molecular flexibility index (Phi) is 11.2. The maximum atomic E-state index is 13.7. The van der Waals surface area contributed by atoms with E-state index in [2.05, 4.69) is 65.4 Å². The average Bonchev–Trinajstić information content (AvgIpc) is 4.03. The van der Waals surface area contributed by atoms with Crippen molar-refractivity contribution in [2.24, 2.45) is 0 Å². The molecule has 16 heteroatoms. The Labute approximate surface area is 328 Å². The van der Waals surface area contributed by atoms with E-state index in [1.165, 1.54) is 28.1 Å². The van der Waals surface area contributed by atoms with Crippen LogP contribution in [0.25, 0.3) is 44.2 Å². The lowest BCUT2D eigenvalue weighted by Crippen LogP contribution is -2.54. The first-order valence-corrected chi connectivity index (χ1v) is 19.1. The fourth-order valence-corrected chi connectivity index (χ4v) is 8.04. The minimum absolute atomic E-state index is 0.124. The molecule has 0 saturated carbocycles. The van der Waals surface area contributed by atoms with Crippen molar-refractivity contribution in [1.82, 2.24) is 40.4 Å². The molecule has 2 aliphatic rings. The van der Waals surface area contributed by atoms with Crippen molar-refractivity contribution < 1.29 is 38.9 Å². The van der Waals surface area contributed by atoms with Crippen molar-refractivity contribution in [3.05, 3.63) is 72.4 Å². The monoisotopic (exact) mass is 780 g/mol. The number of ether oxygens (including phenoxy) is 2. The summed E-state index contributed by atoms with van der Waals surface area (Å²) in [6, 6.07) is 15.3. The van der Waals surface area contributed by atoms with E-state index in [1.54, 1.807) is 16.0 Å². The highest BCUT2D eigenvalue weighted by Gasteiger charge is 2.42. The molecule has 2 aliphatic heterocycles. The van der Waals surface area contributed by atoms with Gasteiger partial charge in [0.15, 0.2) is 0 Å². The molecule has 300 valence electrons. The number of nitrogens with zero attached hydrogens (tertiary/aromatic N) is 4. The van der Waals surface area contributed by atoms with Gasteiger partial charge in [-0.3, -0.25) is 9.59 Å². The number of H-pyrrole nitrogens is 2. The minimum atomic E-state index is -1.16. The zero-order valence-electron chi connectivity index (χ0n) is 32.5. The predicted octanol–water partition coefficient (Wildman–Crippen LogP) is 4.70. The minimum Gasteiger partial charge on any atom is -0.453 e. The van der Waals surface area contributed by atoms with Crippen LogP contribution in [0.4, 0.5) is 9.59 Å². The third-order valence-corrected chi connectivity index (χ3v) is 11.1. The number of carbonyl (C=O) groups excluding carboxylic acids is 4. The van der Waals surface area contributed by atoms with Crippen LogP contribution >= 0.6 is 0 Å². The quantitative estimate of drug-likeness (QED) is 0.115. The van der Waals surface area contributed by atoms with E-state index in [9.17, 15) is 29.4 Å². The Morgan fingerprint density at radius 2 is 1.39 bits per heavy atom. The number of alkyl carbamates (subject to hydrolysis) is 2. The van der Waals surface area contributed by atoms with Gasteiger partial charge in [-0.25, -0.2) is 19.6 Å². The lowest BCUT2D eigenvalue weighted by Gasteiger charge is -2.32. The van der Waals surface area contributed by atoms with Gasteiger partial charge in [0, 0.05) is 18.2 Å². The number of aromatic nitrogens is 4. The summed E-state index contributed by atoms with van der Waals surface area (Å²) in [4.78, 5) is 70.6. The smallest absolute Gasteiger partial charge is 0.407 e. The van der Waals surface area contributed by atoms with Gasteiger partial charge < -0.3 is 50.1 Å². The van der Waals surface area contributed by atoms with Crippen molar-refractivity contribution >= 4 is 45.8 Å². The van der Waals surface area contributed by atoms with Crippen LogP contribution in [0.1, 0.15) is 70.2 Å². The van der Waals surface area contributed by atoms with Crippen LogP contribution < -0.4 is 10.6 Å². The Balaban J connectivity index is 1.08. The molecular formula is C41H48N8O8. The van der Waals surface area contributed by atoms with Gasteiger partial charge in [-0.05, 0) is 92.6 Å². The molecule has 2 fully saturated rings. The number of aliphatic hydroxyl groups excluding tert-OH is 2. The van der Waals surface area contributed by atoms with Gasteiger partial charge in [0.05, 0.1) is 61.4 Å². The average molecular weight is 781 g/mol. The number of fused-ring (bicyclic) bond motifs is 2. The summed E-state index contributed by atoms with van der Waals surface area (Å²) in [5.74, 6) is 0.475. The summed E-state index contributed by atoms with van der Waals surface area (Å²) in [5, 5.41) is 27.6. The third kappa shape index (κ3) is 7.87. The summed E-state index contributed by atoms with van der Waals surface area (Å²) in [6.45, 7) is 5.33. The molecule has 2 saturated heterocycles. The summed E-state index contributed by atoms with van der Waals surface area (Å²) >= 11 is 0. The number of hydrogen-bond donors (Lipinski definition) is 6. The summed E-state index contributed by atoms with van der Waals surface area (Å²) in [7, 11) is 2.41. The number of imidazole rings is 2. The summed E-state index contributed by atoms with van der Waals surface area (Å²) in [6.07, 6.45) is 0.793. The first kappa shape index (κ1) is 39.2. The van der Waals surface area contributed by atoms with Gasteiger partial charge in [0.1, 0.15) is 23.7 Å². The van der Waals surface area contributed by atoms with Crippen LogP contribution in [0.2, 0.25) is 0 Å². The molecule has 0 spiro atoms. The van der Waals surface area contributed by atoms with Crippen molar-refractivity contribution in [1.29, 1.82) is 0 Å². The molecule has 6 N–H and O–H groups in total. The molecule has 3 unspecified atom stereocenters. The standard InChI is InChI=1S/C41H48N8O8/c1-21-8-15-33(49(21)39(53)35(23(3)51)47-41(55)57-5)37-43-29-14-13-27(19-30(29)44-37)25-9-10-26-18-28(12-11-24(26)17-25)31-20-42-36(45-31)32-7-6-16-48(32)38(52)34(22(2)50)46-40(54)56-4/h9-14,17-23,32-35,50-51H,6-8,15-16H2,1-5H3,(H,42,45)(H,43,44)(H,46,54)(H,47,55)/t21?,22-,23?,32+,33+,34+,35?/m1/s1. The topological polar surface area (TPSA) is 215 Å². The number of hydrogen-bond acceptors (Lipinski definition) is 10. The highest BCUT2D eigenvalue weighted by Crippen LogP contribution is 2.38. The van der Waals surface area contributed by atoms with E-state index in [0.29, 0.717) is 31.0 Å². The highest BCUT2D eigenvalue weighted by molar-refractivity contribution is 5.92. The molecule has 7 rings (SSSR count). The van der Waals surface area contributed by atoms with Crippen LogP contribution in [0.5, 0.6) is 0 Å². The predicted molar refractivity (Wildman–Crippen MR) is 211 cm³/mol. The molecule has 0 aliphatic carbocycles. The first-order valence-electron chi connectivity index (χ1n) is 19.1. The number of methoxy groups -OCH3 is 2. The van der Waals surface area contributed by atoms with Crippen molar-refractivity contribution in [3.63, 3.8) is 0 Å². The van der Waals surface area contributed by atoms with Crippen LogP contribution in [0, 0.1) is 0 Å². The van der Waals surface area contributed by atoms with E-state index in [1.807, 2.05) is 31.2 Å². The zero-order valence-corrected chi connectivity index (χ0v) is 32.5. The van der Waals surface area contributed by atoms with Gasteiger partial charge in [-0.15, -0.1) is 0 Å². The summed E-state index contributed by atoms with van der Waals surface area (Å²) < 4.78 is 9.33. The van der Waals surface area contributed by atoms with E-state index >= 15 is 0 Å². The molecule has 0 radical (unpaired) electrons. The Morgan fingerprint density at radius 3 is 2.05 bits per heavy atom. The molecule has 5 aromatic rings. The fraction of sp³-hybridized carbons (Fsp3) is 0.415. The number of rotatable bonds is 10. The molecule has 2 aromatic heterocycles. The second-order valence-electron chi connectivity index (χ2n) is 14.9. The number of likely N-dealkylation sites (tertiary alicyclic amines) is 2. The number of amides is 4. The van der Waals surface area contributed by atoms with E-state index in [0.717, 1.165) is 57.0 Å². The normalized spacial score (nSPS) is 20.3. The first-order chi connectivity index (χ1) is 27.4. The third-order valence-electron chi connectivity index (χ3n) is 11.1. The zero-order chi connectivity index (χ0) is 40.5. The summed E-state index contributed by atoms with van der Waals surface area (Å²) in [5.41, 5.74) is 5.31. The second kappa shape index (κ2) is 16.2. The maximum Gasteiger partial charge on any atom is 0.407 e. The van der Waals surface area contributed by atoms with Crippen LogP contribution in [-0.2, 0) is 19.1 Å². The fourth-order valence-electron chi connectivity index (χ4n) is 8.04. The van der Waals surface area contributed by atoms with Gasteiger partial charge in [-0.1, -0.05) is 30.3 Å². The van der Waals surface area contributed by atoms with E-state index in [-0.39, 0.29) is 18.1 Å². The molecule has 0 bridgehead atoms. The Bertz CT molecular complexity index is 2300. The number of nitrogens with one attached hydrogen (secondary N) is 4. The van der Waals surface area contributed by atoms with E-state index in [4.69, 9.17) is 4.98 Å². The van der Waals surface area contributed by atoms with Gasteiger partial charge in [0.25, 0.3) is 0 Å². The lowest BCUT2D eigenvalue weighted by atomic mass is 9.99. The van der Waals surface area contributed by atoms with Crippen molar-refractivity contribution in [2.75, 3.05) is 20.8 Å². The van der Waals surface area contributed by atoms with E-state index < -0.39 is 48.3 Å². The van der Waals surface area contributed by atoms with Crippen LogP contribution in [0.3, 0.4) is 0 Å². The molecule has 4 heterocycles. The number of carbonyl (C=O) groups is 4. The molecule has 3 aromatic carbocycles. The highest BCUT2D eigenvalue weighted by atomic mass is 16.5. The van der Waals surface area contributed by atoms with Crippen molar-refractivity contribution in [2.45, 2.75) is 88.9 Å². The Morgan fingerprint density at radius 1 is 0.772 bits per heavy atom. The second-order valence-corrected chi connectivity index (χ2v) is 14.9. The van der Waals surface area contributed by atoms with Crippen LogP contribution in [-0.4, -0.2) is 115 Å². The van der Waals surface area contributed by atoms with Crippen LogP contribution in [0.15, 0.2) is 60.8 Å². The molecule has 7 atom stereocenters. The molecular weight excluding hydrogens is 732 g/mol. The SMILES string of the molecule is COC(=O)NC(C(=O)N1C(C)CC[C@H]1c1nc2ccc(-c3ccc4cc(-c5cnc([C@@H]6CCCN6C(=O)[C@@H](NC(=O)OC)[C@@H](C)O)[nH]5)ccc4c3)cc2[nH]1)C(C)O. The van der Waals surface area contributed by atoms with Gasteiger partial charge >= 0.3 is 12.2 Å². The largest absolute Gasteiger partial charge is 0.453 e. The number of aromatic amines is 2. The van der Waals surface area contributed by atoms with Gasteiger partial charge in [0.2, 0.25) is 11.8 Å². The molecule has 16 nitrogen and oxygen atoms in total. The molecule has 57 heavy (non-hydrogen) atoms. The number of aliphatic hydroxyl groups is 2. The van der Waals surface area contributed by atoms with Crippen molar-refractivity contribution in [3.8, 4) is 22.4 Å². The maximum absolute atomic E-state index is 13.7. The number of benzene rings is 3. The van der Waals surface area contributed by atoms with Gasteiger partial charge in [-0.2, -0.15) is 0 Å². The Hall–Kier alpha value is -6.00. The lowest BCUT2D eigenvalue weighted by molar-refractivity contribution is -0.139.